The lowest BCUT2D eigenvalue weighted by Crippen LogP contribution is -2.32. The maximum absolute atomic E-state index is 13.3. The summed E-state index contributed by atoms with van der Waals surface area (Å²) in [4.78, 5) is 11.7. The summed E-state index contributed by atoms with van der Waals surface area (Å²) >= 11 is 5.63. The Labute approximate surface area is 114 Å². The molecule has 100 valence electrons. The molecule has 0 aliphatic heterocycles. The first-order valence-electron chi connectivity index (χ1n) is 5.61. The Morgan fingerprint density at radius 1 is 1.32 bits per heavy atom. The predicted octanol–water partition coefficient (Wildman–Crippen LogP) is 3.82. The van der Waals surface area contributed by atoms with Crippen LogP contribution in [0, 0.1) is 11.6 Å². The summed E-state index contributed by atoms with van der Waals surface area (Å²) in [7, 11) is 0. The molecule has 0 saturated heterocycles. The van der Waals surface area contributed by atoms with Crippen LogP contribution in [0.25, 0.3) is 0 Å². The maximum atomic E-state index is 13.3. The van der Waals surface area contributed by atoms with E-state index in [1.54, 1.807) is 19.1 Å². The molecule has 19 heavy (non-hydrogen) atoms. The van der Waals surface area contributed by atoms with Crippen LogP contribution in [-0.2, 0) is 16.6 Å². The molecule has 0 radical (unpaired) electrons. The summed E-state index contributed by atoms with van der Waals surface area (Å²) in [6.07, 6.45) is 1.65. The van der Waals surface area contributed by atoms with Crippen molar-refractivity contribution in [3.05, 3.63) is 59.6 Å². The van der Waals surface area contributed by atoms with Crippen LogP contribution in [0.15, 0.2) is 41.0 Å². The minimum Gasteiger partial charge on any atom is -0.469 e. The second-order valence-electron chi connectivity index (χ2n) is 4.49. The molecule has 1 atom stereocenters. The van der Waals surface area contributed by atoms with Gasteiger partial charge < -0.3 is 4.42 Å². The molecular weight excluding hydrogens is 274 g/mol. The quantitative estimate of drug-likeness (QED) is 0.799. The number of halogens is 3. The van der Waals surface area contributed by atoms with Crippen LogP contribution in [0.3, 0.4) is 0 Å². The Balaban J connectivity index is 2.43. The molecule has 2 aromatic rings. The van der Waals surface area contributed by atoms with Gasteiger partial charge in [-0.25, -0.2) is 8.78 Å². The van der Waals surface area contributed by atoms with Crippen LogP contribution >= 0.6 is 11.6 Å². The maximum Gasteiger partial charge on any atom is 0.232 e. The van der Waals surface area contributed by atoms with Gasteiger partial charge in [0.1, 0.15) is 5.76 Å². The van der Waals surface area contributed by atoms with Crippen LogP contribution in [0.5, 0.6) is 0 Å². The second kappa shape index (κ2) is 5.13. The molecule has 1 heterocycles. The average molecular weight is 285 g/mol. The van der Waals surface area contributed by atoms with Gasteiger partial charge in [0.05, 0.1) is 11.7 Å². The molecule has 0 spiro atoms. The SMILES string of the molecule is CC(Cc1ccco1)(C(=O)Cl)c1ccc(F)c(F)c1. The molecule has 5 heteroatoms. The van der Waals surface area contributed by atoms with Crippen molar-refractivity contribution in [3.8, 4) is 0 Å². The number of carbonyl (C=O) groups is 1. The van der Waals surface area contributed by atoms with Gasteiger partial charge in [-0.2, -0.15) is 0 Å². The number of hydrogen-bond donors (Lipinski definition) is 0. The highest BCUT2D eigenvalue weighted by Crippen LogP contribution is 2.31. The van der Waals surface area contributed by atoms with Gasteiger partial charge in [0.15, 0.2) is 11.6 Å². The minimum absolute atomic E-state index is 0.174. The first-order valence-corrected chi connectivity index (χ1v) is 5.99. The van der Waals surface area contributed by atoms with Gasteiger partial charge in [0.25, 0.3) is 0 Å². The third kappa shape index (κ3) is 2.68. The van der Waals surface area contributed by atoms with Crippen molar-refractivity contribution < 1.29 is 18.0 Å². The van der Waals surface area contributed by atoms with Crippen molar-refractivity contribution >= 4 is 16.8 Å². The molecule has 1 aromatic heterocycles. The van der Waals surface area contributed by atoms with Crippen molar-refractivity contribution in [1.29, 1.82) is 0 Å². The lowest BCUT2D eigenvalue weighted by molar-refractivity contribution is -0.116. The van der Waals surface area contributed by atoms with Crippen LogP contribution in [0.1, 0.15) is 18.2 Å². The Kier molecular flexibility index (Phi) is 3.71. The number of carbonyl (C=O) groups excluding carboxylic acids is 1. The molecule has 1 unspecified atom stereocenters. The van der Waals surface area contributed by atoms with Crippen LogP contribution in [0.4, 0.5) is 8.78 Å². The highest BCUT2D eigenvalue weighted by molar-refractivity contribution is 6.65. The van der Waals surface area contributed by atoms with Gasteiger partial charge in [0, 0.05) is 6.42 Å². The summed E-state index contributed by atoms with van der Waals surface area (Å²) in [6.45, 7) is 1.57. The Hall–Kier alpha value is -1.68. The molecule has 0 N–H and O–H groups in total. The summed E-state index contributed by atoms with van der Waals surface area (Å²) in [5, 5.41) is -0.657. The second-order valence-corrected chi connectivity index (χ2v) is 4.83. The summed E-state index contributed by atoms with van der Waals surface area (Å²) < 4.78 is 31.4. The first kappa shape index (κ1) is 13.7. The van der Waals surface area contributed by atoms with Crippen molar-refractivity contribution in [1.82, 2.24) is 0 Å². The number of rotatable bonds is 4. The third-order valence-electron chi connectivity index (χ3n) is 3.10. The zero-order valence-corrected chi connectivity index (χ0v) is 10.9. The lowest BCUT2D eigenvalue weighted by atomic mass is 9.80. The largest absolute Gasteiger partial charge is 0.469 e. The van der Waals surface area contributed by atoms with Gasteiger partial charge in [-0.3, -0.25) is 4.79 Å². The Morgan fingerprint density at radius 3 is 2.58 bits per heavy atom. The number of benzene rings is 1. The van der Waals surface area contributed by atoms with Crippen molar-refractivity contribution in [2.45, 2.75) is 18.8 Å². The summed E-state index contributed by atoms with van der Waals surface area (Å²) in [5.41, 5.74) is -0.865. The van der Waals surface area contributed by atoms with Crippen molar-refractivity contribution in [2.24, 2.45) is 0 Å². The molecule has 0 bridgehead atoms. The molecule has 0 saturated carbocycles. The van der Waals surface area contributed by atoms with E-state index < -0.39 is 22.3 Å². The lowest BCUT2D eigenvalue weighted by Gasteiger charge is -2.25. The van der Waals surface area contributed by atoms with Gasteiger partial charge in [-0.1, -0.05) is 6.07 Å². The van der Waals surface area contributed by atoms with Crippen LogP contribution in [-0.4, -0.2) is 5.24 Å². The fourth-order valence-corrected chi connectivity index (χ4v) is 2.06. The van der Waals surface area contributed by atoms with Crippen molar-refractivity contribution in [2.75, 3.05) is 0 Å². The fourth-order valence-electron chi connectivity index (χ4n) is 1.89. The number of hydrogen-bond acceptors (Lipinski definition) is 2. The molecule has 0 fully saturated rings. The van der Waals surface area contributed by atoms with Gasteiger partial charge >= 0.3 is 0 Å². The van der Waals surface area contributed by atoms with E-state index in [9.17, 15) is 13.6 Å². The van der Waals surface area contributed by atoms with Gasteiger partial charge in [0.2, 0.25) is 5.24 Å². The van der Waals surface area contributed by atoms with E-state index in [0.29, 0.717) is 11.3 Å². The molecular formula is C14H11ClF2O2. The van der Waals surface area contributed by atoms with E-state index in [2.05, 4.69) is 0 Å². The zero-order valence-electron chi connectivity index (χ0n) is 10.1. The van der Waals surface area contributed by atoms with E-state index >= 15 is 0 Å². The summed E-state index contributed by atoms with van der Waals surface area (Å²) in [5.74, 6) is -1.44. The summed E-state index contributed by atoms with van der Waals surface area (Å²) in [6, 6.07) is 6.68. The number of furan rings is 1. The Morgan fingerprint density at radius 2 is 2.05 bits per heavy atom. The minimum atomic E-state index is -1.17. The van der Waals surface area contributed by atoms with Crippen molar-refractivity contribution in [3.63, 3.8) is 0 Å². The van der Waals surface area contributed by atoms with Gasteiger partial charge in [-0.15, -0.1) is 0 Å². The molecule has 1 aromatic carbocycles. The molecule has 2 nitrogen and oxygen atoms in total. The molecule has 0 aliphatic carbocycles. The topological polar surface area (TPSA) is 30.2 Å². The normalized spacial score (nSPS) is 14.1. The highest BCUT2D eigenvalue weighted by Gasteiger charge is 2.35. The molecule has 0 aliphatic rings. The van der Waals surface area contributed by atoms with E-state index in [1.165, 1.54) is 12.3 Å². The molecule has 2 rings (SSSR count). The fraction of sp³-hybridized carbons (Fsp3) is 0.214. The van der Waals surface area contributed by atoms with Gasteiger partial charge in [-0.05, 0) is 48.4 Å². The third-order valence-corrected chi connectivity index (χ3v) is 3.52. The first-order chi connectivity index (χ1) is 8.93. The highest BCUT2D eigenvalue weighted by atomic mass is 35.5. The Bertz CT molecular complexity index is 595. The molecule has 0 amide bonds. The zero-order chi connectivity index (χ0) is 14.0. The monoisotopic (exact) mass is 284 g/mol. The van der Waals surface area contributed by atoms with Crippen LogP contribution < -0.4 is 0 Å². The van der Waals surface area contributed by atoms with E-state index in [0.717, 1.165) is 12.1 Å². The predicted molar refractivity (Wildman–Crippen MR) is 67.0 cm³/mol. The van der Waals surface area contributed by atoms with E-state index in [1.807, 2.05) is 0 Å². The van der Waals surface area contributed by atoms with Crippen LogP contribution in [0.2, 0.25) is 0 Å². The standard InChI is InChI=1S/C14H11ClF2O2/c1-14(13(15)18,8-10-3-2-6-19-10)9-4-5-11(16)12(17)7-9/h2-7H,8H2,1H3. The van der Waals surface area contributed by atoms with E-state index in [4.69, 9.17) is 16.0 Å². The smallest absolute Gasteiger partial charge is 0.232 e. The van der Waals surface area contributed by atoms with E-state index in [-0.39, 0.29) is 6.42 Å². The average Bonchev–Trinajstić information content (AvgIpc) is 2.85.